The standard InChI is InChI=1S/C34H43N3O5/c1-20-11-12-24-29(15-20)41-34(5,6)25-16-22-19-37(14-13-28(22)40-30(24)25)31(38)27(36-32(39)42-33(2,3)4)17-21-18-35-26-10-8-7-9-23(21)26/h7-12,15,18,22,25,27-28,30,35H,13-14,16-17,19H2,1-6H3,(H,36,39)/t22-,25+,27-,28+,30-/m0/s1. The number of alkyl carbamates (subject to hydrolysis) is 1. The Bertz CT molecular complexity index is 1490. The van der Waals surface area contributed by atoms with Crippen LogP contribution in [0.2, 0.25) is 0 Å². The van der Waals surface area contributed by atoms with Gasteiger partial charge in [0.2, 0.25) is 5.91 Å². The molecule has 3 aliphatic rings. The number of fused-ring (bicyclic) bond motifs is 5. The van der Waals surface area contributed by atoms with Gasteiger partial charge in [-0.3, -0.25) is 4.79 Å². The molecule has 6 rings (SSSR count). The number of nitrogens with one attached hydrogen (secondary N) is 2. The maximum atomic E-state index is 14.1. The summed E-state index contributed by atoms with van der Waals surface area (Å²) in [6.07, 6.45) is 3.42. The van der Waals surface area contributed by atoms with Crippen LogP contribution in [-0.2, 0) is 20.7 Å². The number of nitrogens with zero attached hydrogens (tertiary/aromatic N) is 1. The first-order valence-corrected chi connectivity index (χ1v) is 15.2. The molecule has 3 aromatic rings. The van der Waals surface area contributed by atoms with Crippen molar-refractivity contribution in [1.82, 2.24) is 15.2 Å². The van der Waals surface area contributed by atoms with Gasteiger partial charge in [0.15, 0.2) is 0 Å². The van der Waals surface area contributed by atoms with Crippen LogP contribution in [0.15, 0.2) is 48.7 Å². The number of H-pyrrole nitrogens is 1. The molecule has 5 atom stereocenters. The summed E-state index contributed by atoms with van der Waals surface area (Å²) in [5.41, 5.74) is 3.22. The second-order valence-electron chi connectivity index (χ2n) is 13.8. The number of aromatic amines is 1. The normalized spacial score (nSPS) is 25.4. The zero-order chi connectivity index (χ0) is 29.8. The Kier molecular flexibility index (Phi) is 7.24. The summed E-state index contributed by atoms with van der Waals surface area (Å²) in [5.74, 6) is 1.19. The number of likely N-dealkylation sites (tertiary alicyclic amines) is 1. The topological polar surface area (TPSA) is 92.9 Å². The number of rotatable bonds is 4. The zero-order valence-electron chi connectivity index (χ0n) is 25.5. The SMILES string of the molecule is Cc1ccc2c(c1)OC(C)(C)[C@@H]1C[C@H]3CN(C(=O)[C@H](Cc4c[nH]c5ccccc45)NC(=O)OC(C)(C)C)CC[C@H]3O[C@@H]21. The number of hydrogen-bond donors (Lipinski definition) is 2. The minimum Gasteiger partial charge on any atom is -0.487 e. The maximum absolute atomic E-state index is 14.1. The molecule has 8 heteroatoms. The summed E-state index contributed by atoms with van der Waals surface area (Å²) in [6.45, 7) is 13.0. The van der Waals surface area contributed by atoms with Crippen molar-refractivity contribution in [1.29, 1.82) is 0 Å². The number of aryl methyl sites for hydroxylation is 1. The molecule has 8 nitrogen and oxygen atoms in total. The highest BCUT2D eigenvalue weighted by atomic mass is 16.6. The molecule has 0 aliphatic carbocycles. The Morgan fingerprint density at radius 1 is 1.19 bits per heavy atom. The molecule has 0 unspecified atom stereocenters. The van der Waals surface area contributed by atoms with Gasteiger partial charge in [-0.2, -0.15) is 0 Å². The monoisotopic (exact) mass is 573 g/mol. The van der Waals surface area contributed by atoms with Gasteiger partial charge in [-0.05, 0) is 77.6 Å². The van der Waals surface area contributed by atoms with E-state index in [0.717, 1.165) is 40.6 Å². The van der Waals surface area contributed by atoms with Crippen molar-refractivity contribution in [2.24, 2.45) is 11.8 Å². The molecule has 42 heavy (non-hydrogen) atoms. The first-order chi connectivity index (χ1) is 19.9. The second kappa shape index (κ2) is 10.6. The van der Waals surface area contributed by atoms with Crippen LogP contribution < -0.4 is 10.1 Å². The van der Waals surface area contributed by atoms with E-state index < -0.39 is 23.3 Å². The van der Waals surface area contributed by atoms with Gasteiger partial charge in [-0.25, -0.2) is 4.79 Å². The molecular weight excluding hydrogens is 530 g/mol. The number of piperidine rings is 1. The first kappa shape index (κ1) is 28.6. The number of para-hydroxylation sites is 1. The predicted molar refractivity (Wildman–Crippen MR) is 161 cm³/mol. The largest absolute Gasteiger partial charge is 0.487 e. The van der Waals surface area contributed by atoms with Gasteiger partial charge in [0.25, 0.3) is 0 Å². The maximum Gasteiger partial charge on any atom is 0.408 e. The predicted octanol–water partition coefficient (Wildman–Crippen LogP) is 6.08. The molecule has 1 aromatic heterocycles. The summed E-state index contributed by atoms with van der Waals surface area (Å²) in [5, 5.41) is 3.95. The Hall–Kier alpha value is -3.52. The number of amides is 2. The summed E-state index contributed by atoms with van der Waals surface area (Å²) in [7, 11) is 0. The number of hydrogen-bond acceptors (Lipinski definition) is 5. The van der Waals surface area contributed by atoms with E-state index in [0.29, 0.717) is 19.5 Å². The molecule has 2 saturated heterocycles. The van der Waals surface area contributed by atoms with Crippen molar-refractivity contribution in [2.75, 3.05) is 13.1 Å². The lowest BCUT2D eigenvalue weighted by molar-refractivity contribution is -0.189. The molecule has 2 aromatic carbocycles. The third-order valence-corrected chi connectivity index (χ3v) is 9.05. The van der Waals surface area contributed by atoms with Crippen LogP contribution >= 0.6 is 0 Å². The van der Waals surface area contributed by atoms with E-state index in [2.05, 4.69) is 49.3 Å². The molecular formula is C34H43N3O5. The summed E-state index contributed by atoms with van der Waals surface area (Å²) < 4.78 is 18.9. The van der Waals surface area contributed by atoms with Gasteiger partial charge < -0.3 is 29.4 Å². The van der Waals surface area contributed by atoms with Gasteiger partial charge in [0.1, 0.15) is 23.0 Å². The molecule has 0 radical (unpaired) electrons. The summed E-state index contributed by atoms with van der Waals surface area (Å²) in [6, 6.07) is 13.6. The highest BCUT2D eigenvalue weighted by Crippen LogP contribution is 2.53. The van der Waals surface area contributed by atoms with Crippen LogP contribution in [0, 0.1) is 18.8 Å². The van der Waals surface area contributed by atoms with Crippen molar-refractivity contribution in [3.05, 3.63) is 65.4 Å². The molecule has 0 saturated carbocycles. The molecule has 0 bridgehead atoms. The van der Waals surface area contributed by atoms with E-state index >= 15 is 0 Å². The van der Waals surface area contributed by atoms with Crippen molar-refractivity contribution >= 4 is 22.9 Å². The van der Waals surface area contributed by atoms with E-state index in [4.69, 9.17) is 14.2 Å². The number of aromatic nitrogens is 1. The van der Waals surface area contributed by atoms with E-state index in [9.17, 15) is 9.59 Å². The summed E-state index contributed by atoms with van der Waals surface area (Å²) >= 11 is 0. The van der Waals surface area contributed by atoms with Crippen molar-refractivity contribution in [3.63, 3.8) is 0 Å². The number of carbonyl (C=O) groups excluding carboxylic acids is 2. The number of benzene rings is 2. The fraction of sp³-hybridized carbons (Fsp3) is 0.529. The van der Waals surface area contributed by atoms with Crippen molar-refractivity contribution in [3.8, 4) is 5.75 Å². The van der Waals surface area contributed by atoms with Gasteiger partial charge in [0, 0.05) is 54.0 Å². The molecule has 4 heterocycles. The fourth-order valence-corrected chi connectivity index (χ4v) is 7.00. The van der Waals surface area contributed by atoms with Gasteiger partial charge >= 0.3 is 6.09 Å². The second-order valence-corrected chi connectivity index (χ2v) is 13.8. The Morgan fingerprint density at radius 3 is 2.76 bits per heavy atom. The third-order valence-electron chi connectivity index (χ3n) is 9.05. The Labute approximate surface area is 248 Å². The van der Waals surface area contributed by atoms with Crippen LogP contribution in [0.4, 0.5) is 4.79 Å². The highest BCUT2D eigenvalue weighted by Gasteiger charge is 2.51. The first-order valence-electron chi connectivity index (χ1n) is 15.2. The number of ether oxygens (including phenoxy) is 3. The van der Waals surface area contributed by atoms with Gasteiger partial charge in [-0.15, -0.1) is 0 Å². The average molecular weight is 574 g/mol. The Balaban J connectivity index is 1.21. The molecule has 2 fully saturated rings. The van der Waals surface area contributed by atoms with Crippen LogP contribution in [0.1, 0.15) is 70.3 Å². The lowest BCUT2D eigenvalue weighted by atomic mass is 9.70. The zero-order valence-corrected chi connectivity index (χ0v) is 25.5. The van der Waals surface area contributed by atoms with Crippen LogP contribution in [0.5, 0.6) is 5.75 Å². The quantitative estimate of drug-likeness (QED) is 0.395. The molecule has 3 aliphatic heterocycles. The van der Waals surface area contributed by atoms with Gasteiger partial charge in [0.05, 0.1) is 12.2 Å². The lowest BCUT2D eigenvalue weighted by Gasteiger charge is -2.53. The van der Waals surface area contributed by atoms with E-state index in [-0.39, 0.29) is 30.0 Å². The minimum atomic E-state index is -0.752. The smallest absolute Gasteiger partial charge is 0.408 e. The van der Waals surface area contributed by atoms with Crippen molar-refractivity contribution in [2.45, 2.75) is 90.3 Å². The molecule has 0 spiro atoms. The van der Waals surface area contributed by atoms with Gasteiger partial charge in [-0.1, -0.05) is 30.3 Å². The van der Waals surface area contributed by atoms with Crippen LogP contribution in [0.3, 0.4) is 0 Å². The van der Waals surface area contributed by atoms with Crippen LogP contribution in [0.25, 0.3) is 10.9 Å². The fourth-order valence-electron chi connectivity index (χ4n) is 7.00. The minimum absolute atomic E-state index is 0.0173. The van der Waals surface area contributed by atoms with E-state index in [1.165, 1.54) is 5.56 Å². The van der Waals surface area contributed by atoms with E-state index in [1.807, 2.05) is 56.1 Å². The molecule has 2 N–H and O–H groups in total. The number of carbonyl (C=O) groups is 2. The summed E-state index contributed by atoms with van der Waals surface area (Å²) in [4.78, 5) is 32.2. The molecule has 224 valence electrons. The van der Waals surface area contributed by atoms with E-state index in [1.54, 1.807) is 0 Å². The third kappa shape index (κ3) is 5.61. The Morgan fingerprint density at radius 2 is 1.98 bits per heavy atom. The molecule has 2 amide bonds. The van der Waals surface area contributed by atoms with Crippen molar-refractivity contribution < 1.29 is 23.8 Å². The van der Waals surface area contributed by atoms with Crippen LogP contribution in [-0.4, -0.2) is 58.3 Å². The average Bonchev–Trinajstić information content (AvgIpc) is 3.32. The highest BCUT2D eigenvalue weighted by molar-refractivity contribution is 5.88. The lowest BCUT2D eigenvalue weighted by Crippen LogP contribution is -2.58.